The van der Waals surface area contributed by atoms with Crippen molar-refractivity contribution >= 4 is 16.9 Å². The highest BCUT2D eigenvalue weighted by atomic mass is 16.5. The number of hydrogen-bond acceptors (Lipinski definition) is 8. The summed E-state index contributed by atoms with van der Waals surface area (Å²) in [6, 6.07) is 22.6. The van der Waals surface area contributed by atoms with Gasteiger partial charge in [0.2, 0.25) is 5.43 Å². The van der Waals surface area contributed by atoms with Gasteiger partial charge in [-0.15, -0.1) is 0 Å². The molecule has 226 valence electrons. The van der Waals surface area contributed by atoms with E-state index in [1.807, 2.05) is 12.1 Å². The van der Waals surface area contributed by atoms with Crippen LogP contribution >= 0.6 is 0 Å². The summed E-state index contributed by atoms with van der Waals surface area (Å²) in [6.07, 6.45) is 1.18. The van der Waals surface area contributed by atoms with Crippen molar-refractivity contribution in [2.75, 3.05) is 14.2 Å². The predicted octanol–water partition coefficient (Wildman–Crippen LogP) is 7.28. The second-order valence-corrected chi connectivity index (χ2v) is 10.8. The molecular formula is C36H34O8. The van der Waals surface area contributed by atoms with Gasteiger partial charge in [0, 0.05) is 11.5 Å². The molecule has 0 saturated heterocycles. The van der Waals surface area contributed by atoms with Gasteiger partial charge in [0.1, 0.15) is 30.0 Å². The average molecular weight is 595 g/mol. The van der Waals surface area contributed by atoms with Crippen molar-refractivity contribution in [2.24, 2.45) is 0 Å². The number of phenols is 2. The molecule has 1 heterocycles. The molecule has 0 aliphatic rings. The molecule has 0 radical (unpaired) electrons. The molecule has 1 aromatic heterocycles. The molecule has 0 aliphatic carbocycles. The van der Waals surface area contributed by atoms with Crippen LogP contribution in [0, 0.1) is 0 Å². The summed E-state index contributed by atoms with van der Waals surface area (Å²) in [5.74, 6) is 0.0208. The first-order chi connectivity index (χ1) is 21.2. The highest BCUT2D eigenvalue weighted by molar-refractivity contribution is 5.87. The number of carbonyl (C=O) groups excluding carboxylic acids is 1. The lowest BCUT2D eigenvalue weighted by molar-refractivity contribution is -0.140. The van der Waals surface area contributed by atoms with Crippen LogP contribution in [0.5, 0.6) is 23.0 Å². The molecule has 0 unspecified atom stereocenters. The third-order valence-electron chi connectivity index (χ3n) is 7.71. The zero-order valence-electron chi connectivity index (χ0n) is 25.0. The highest BCUT2D eigenvalue weighted by Crippen LogP contribution is 2.42. The average Bonchev–Trinajstić information content (AvgIpc) is 3.03. The van der Waals surface area contributed by atoms with E-state index in [4.69, 9.17) is 18.6 Å². The van der Waals surface area contributed by atoms with Gasteiger partial charge in [0.25, 0.3) is 0 Å². The maximum atomic E-state index is 13.6. The number of carbonyl (C=O) groups is 1. The number of phenolic OH excluding ortho intramolecular Hbond substituents is 2. The molecule has 2 N–H and O–H groups in total. The summed E-state index contributed by atoms with van der Waals surface area (Å²) >= 11 is 0. The van der Waals surface area contributed by atoms with Crippen molar-refractivity contribution in [3.63, 3.8) is 0 Å². The second-order valence-electron chi connectivity index (χ2n) is 10.8. The minimum Gasteiger partial charge on any atom is -0.508 e. The molecule has 44 heavy (non-hydrogen) atoms. The zero-order chi connectivity index (χ0) is 31.4. The van der Waals surface area contributed by atoms with Gasteiger partial charge in [-0.3, -0.25) is 9.59 Å². The van der Waals surface area contributed by atoms with E-state index in [1.54, 1.807) is 37.4 Å². The first-order valence-electron chi connectivity index (χ1n) is 14.2. The van der Waals surface area contributed by atoms with Crippen LogP contribution in [-0.4, -0.2) is 30.4 Å². The molecule has 4 aromatic carbocycles. The van der Waals surface area contributed by atoms with Gasteiger partial charge >= 0.3 is 5.97 Å². The first-order valence-corrected chi connectivity index (χ1v) is 14.2. The summed E-state index contributed by atoms with van der Waals surface area (Å²) in [5, 5.41) is 21.0. The van der Waals surface area contributed by atoms with Gasteiger partial charge in [0.15, 0.2) is 11.5 Å². The lowest BCUT2D eigenvalue weighted by atomic mass is 9.86. The minimum atomic E-state index is -0.757. The van der Waals surface area contributed by atoms with Crippen molar-refractivity contribution in [1.82, 2.24) is 0 Å². The summed E-state index contributed by atoms with van der Waals surface area (Å²) in [6.45, 7) is 4.56. The molecule has 0 spiro atoms. The molecule has 8 nitrogen and oxygen atoms in total. The molecule has 0 fully saturated rings. The van der Waals surface area contributed by atoms with Gasteiger partial charge < -0.3 is 28.8 Å². The van der Waals surface area contributed by atoms with Crippen LogP contribution in [0.2, 0.25) is 0 Å². The second kappa shape index (κ2) is 13.0. The van der Waals surface area contributed by atoms with Crippen LogP contribution in [0.1, 0.15) is 54.4 Å². The zero-order valence-corrected chi connectivity index (χ0v) is 25.0. The normalized spacial score (nSPS) is 11.8. The Bertz CT molecular complexity index is 1840. The maximum absolute atomic E-state index is 13.6. The Kier molecular flexibility index (Phi) is 8.90. The van der Waals surface area contributed by atoms with Crippen molar-refractivity contribution in [1.29, 1.82) is 0 Å². The van der Waals surface area contributed by atoms with Crippen LogP contribution in [-0.2, 0) is 16.1 Å². The van der Waals surface area contributed by atoms with Crippen LogP contribution < -0.4 is 14.9 Å². The fourth-order valence-corrected chi connectivity index (χ4v) is 5.21. The monoisotopic (exact) mass is 594 g/mol. The van der Waals surface area contributed by atoms with Crippen molar-refractivity contribution in [3.8, 4) is 34.1 Å². The lowest BCUT2D eigenvalue weighted by Crippen LogP contribution is -2.13. The first kappa shape index (κ1) is 30.2. The standard InChI is InChI=1S/C36H34O8/c1-21(2)23-7-5-22(6-8-23)19-43-32-17-25(11-16-31(32)41-3)28(18-33(39)42-4)34-30(38)15-14-27-35(40)29(20-44-36(27)34)24-9-12-26(37)13-10-24/h5-17,20-21,28,37-38H,18-19H2,1-4H3/t28-/m0/s1. The minimum absolute atomic E-state index is 0.0728. The van der Waals surface area contributed by atoms with Gasteiger partial charge in [-0.05, 0) is 64.6 Å². The summed E-state index contributed by atoms with van der Waals surface area (Å²) in [5.41, 5.74) is 3.78. The van der Waals surface area contributed by atoms with Crippen LogP contribution in [0.15, 0.2) is 94.3 Å². The Hall–Kier alpha value is -5.24. The van der Waals surface area contributed by atoms with E-state index in [9.17, 15) is 19.8 Å². The number of rotatable bonds is 10. The Balaban J connectivity index is 1.58. The van der Waals surface area contributed by atoms with Gasteiger partial charge in [-0.25, -0.2) is 0 Å². The largest absolute Gasteiger partial charge is 0.508 e. The summed E-state index contributed by atoms with van der Waals surface area (Å²) < 4.78 is 22.8. The predicted molar refractivity (Wildman–Crippen MR) is 168 cm³/mol. The molecular weight excluding hydrogens is 560 g/mol. The third kappa shape index (κ3) is 6.24. The number of benzene rings is 4. The number of methoxy groups -OCH3 is 2. The lowest BCUT2D eigenvalue weighted by Gasteiger charge is -2.21. The van der Waals surface area contributed by atoms with Crippen molar-refractivity contribution < 1.29 is 33.6 Å². The SMILES string of the molecule is COC(=O)C[C@@H](c1ccc(OC)c(OCc2ccc(C(C)C)cc2)c1)c1c(O)ccc2c(=O)c(-c3ccc(O)cc3)coc12. The summed E-state index contributed by atoms with van der Waals surface area (Å²) in [4.78, 5) is 26.3. The van der Waals surface area contributed by atoms with Gasteiger partial charge in [0.05, 0.1) is 31.6 Å². The maximum Gasteiger partial charge on any atom is 0.306 e. The molecule has 5 aromatic rings. The highest BCUT2D eigenvalue weighted by Gasteiger charge is 2.27. The van der Waals surface area contributed by atoms with E-state index in [-0.39, 0.29) is 46.5 Å². The number of hydrogen-bond donors (Lipinski definition) is 2. The Morgan fingerprint density at radius 2 is 1.57 bits per heavy atom. The Morgan fingerprint density at radius 1 is 0.864 bits per heavy atom. The molecule has 0 saturated carbocycles. The molecule has 5 rings (SSSR count). The number of ether oxygens (including phenoxy) is 3. The molecule has 0 bridgehead atoms. The van der Waals surface area contributed by atoms with E-state index < -0.39 is 11.9 Å². The van der Waals surface area contributed by atoms with E-state index in [0.29, 0.717) is 34.1 Å². The quantitative estimate of drug-likeness (QED) is 0.162. The van der Waals surface area contributed by atoms with E-state index in [0.717, 1.165) is 5.56 Å². The van der Waals surface area contributed by atoms with Crippen LogP contribution in [0.3, 0.4) is 0 Å². The van der Waals surface area contributed by atoms with Gasteiger partial charge in [-0.2, -0.15) is 0 Å². The Morgan fingerprint density at radius 3 is 2.23 bits per heavy atom. The van der Waals surface area contributed by atoms with Crippen LogP contribution in [0.4, 0.5) is 0 Å². The third-order valence-corrected chi connectivity index (χ3v) is 7.71. The molecule has 0 aliphatic heterocycles. The van der Waals surface area contributed by atoms with E-state index >= 15 is 0 Å². The molecule has 8 heteroatoms. The Labute approximate surface area is 255 Å². The molecule has 0 amide bonds. The van der Waals surface area contributed by atoms with E-state index in [1.165, 1.54) is 43.2 Å². The van der Waals surface area contributed by atoms with E-state index in [2.05, 4.69) is 26.0 Å². The number of fused-ring (bicyclic) bond motifs is 1. The topological polar surface area (TPSA) is 115 Å². The van der Waals surface area contributed by atoms with Crippen molar-refractivity contribution in [2.45, 2.75) is 38.7 Å². The van der Waals surface area contributed by atoms with Crippen molar-refractivity contribution in [3.05, 3.63) is 118 Å². The molecule has 1 atom stereocenters. The fourth-order valence-electron chi connectivity index (χ4n) is 5.21. The number of aromatic hydroxyl groups is 2. The number of esters is 1. The fraction of sp³-hybridized carbons (Fsp3) is 0.222. The smallest absolute Gasteiger partial charge is 0.306 e. The van der Waals surface area contributed by atoms with Gasteiger partial charge in [-0.1, -0.05) is 56.3 Å². The summed E-state index contributed by atoms with van der Waals surface area (Å²) in [7, 11) is 2.83. The van der Waals surface area contributed by atoms with Crippen LogP contribution in [0.25, 0.3) is 22.1 Å².